The minimum atomic E-state index is -0.214. The fourth-order valence-corrected chi connectivity index (χ4v) is 5.18. The third-order valence-electron chi connectivity index (χ3n) is 5.60. The highest BCUT2D eigenvalue weighted by Crippen LogP contribution is 2.43. The molecule has 0 radical (unpaired) electrons. The molecule has 1 saturated heterocycles. The maximum absolute atomic E-state index is 11.8. The fraction of sp³-hybridized carbons (Fsp3) is 0.435. The molecule has 5 heteroatoms. The lowest BCUT2D eigenvalue weighted by atomic mass is 9.89. The number of ether oxygens (including phenoxy) is 2. The molecule has 2 aliphatic heterocycles. The molecule has 0 N–H and O–H groups in total. The van der Waals surface area contributed by atoms with Gasteiger partial charge in [-0.05, 0) is 54.9 Å². The molecule has 3 heterocycles. The Labute approximate surface area is 170 Å². The Morgan fingerprint density at radius 2 is 2.07 bits per heavy atom. The molecule has 0 atom stereocenters. The Hall–Kier alpha value is -2.11. The van der Waals surface area contributed by atoms with Crippen molar-refractivity contribution in [2.24, 2.45) is 0 Å². The average Bonchev–Trinajstić information content (AvgIpc) is 3.11. The van der Waals surface area contributed by atoms with Gasteiger partial charge >= 0.3 is 5.97 Å². The van der Waals surface area contributed by atoms with Gasteiger partial charge in [-0.15, -0.1) is 11.3 Å². The monoisotopic (exact) mass is 397 g/mol. The maximum atomic E-state index is 11.8. The minimum absolute atomic E-state index is 0.214. The summed E-state index contributed by atoms with van der Waals surface area (Å²) in [5.74, 6) is 0.698. The summed E-state index contributed by atoms with van der Waals surface area (Å²) in [5, 5.41) is 2.16. The van der Waals surface area contributed by atoms with Crippen molar-refractivity contribution in [1.82, 2.24) is 4.90 Å². The Kier molecular flexibility index (Phi) is 5.83. The Bertz CT molecular complexity index is 889. The first-order valence-corrected chi connectivity index (χ1v) is 10.9. The number of likely N-dealkylation sites (tertiary alicyclic amines) is 1. The maximum Gasteiger partial charge on any atom is 0.309 e. The molecule has 0 amide bonds. The molecule has 0 bridgehead atoms. The SMILES string of the molecule is CCCN1CCC(=C2c3cc(CC(=O)OC)ccc3OCc3ccsc32)CC1. The molecule has 0 saturated carbocycles. The molecule has 0 spiro atoms. The van der Waals surface area contributed by atoms with E-state index in [0.29, 0.717) is 6.61 Å². The second kappa shape index (κ2) is 8.50. The molecule has 2 aromatic rings. The van der Waals surface area contributed by atoms with Gasteiger partial charge in [0.25, 0.3) is 0 Å². The predicted octanol–water partition coefficient (Wildman–Crippen LogP) is 4.66. The van der Waals surface area contributed by atoms with Gasteiger partial charge in [0.05, 0.1) is 13.5 Å². The van der Waals surface area contributed by atoms with Gasteiger partial charge in [-0.3, -0.25) is 4.79 Å². The zero-order valence-electron chi connectivity index (χ0n) is 16.6. The van der Waals surface area contributed by atoms with Gasteiger partial charge in [-0.2, -0.15) is 0 Å². The Morgan fingerprint density at radius 1 is 1.25 bits per heavy atom. The molecule has 2 aliphatic rings. The number of hydrogen-bond donors (Lipinski definition) is 0. The normalized spacial score (nSPS) is 16.8. The first-order chi connectivity index (χ1) is 13.7. The summed E-state index contributed by atoms with van der Waals surface area (Å²) in [6, 6.07) is 8.29. The van der Waals surface area contributed by atoms with Crippen LogP contribution in [0.4, 0.5) is 0 Å². The third kappa shape index (κ3) is 3.87. The van der Waals surface area contributed by atoms with E-state index in [1.807, 2.05) is 12.1 Å². The molecule has 0 aliphatic carbocycles. The van der Waals surface area contributed by atoms with Gasteiger partial charge in [0.2, 0.25) is 0 Å². The van der Waals surface area contributed by atoms with E-state index >= 15 is 0 Å². The van der Waals surface area contributed by atoms with Crippen molar-refractivity contribution in [2.75, 3.05) is 26.7 Å². The second-order valence-electron chi connectivity index (χ2n) is 7.47. The van der Waals surface area contributed by atoms with E-state index in [2.05, 4.69) is 29.3 Å². The number of esters is 1. The molecule has 148 valence electrons. The summed E-state index contributed by atoms with van der Waals surface area (Å²) in [5.41, 5.74) is 6.20. The van der Waals surface area contributed by atoms with E-state index < -0.39 is 0 Å². The van der Waals surface area contributed by atoms with Crippen LogP contribution in [0.15, 0.2) is 35.2 Å². The number of benzene rings is 1. The van der Waals surface area contributed by atoms with Crippen LogP contribution in [0.5, 0.6) is 5.75 Å². The van der Waals surface area contributed by atoms with Crippen LogP contribution in [0.1, 0.15) is 47.8 Å². The van der Waals surface area contributed by atoms with Crippen molar-refractivity contribution in [3.05, 3.63) is 56.8 Å². The summed E-state index contributed by atoms with van der Waals surface area (Å²) in [6.07, 6.45) is 3.67. The topological polar surface area (TPSA) is 38.8 Å². The molecule has 1 fully saturated rings. The van der Waals surface area contributed by atoms with Gasteiger partial charge < -0.3 is 14.4 Å². The van der Waals surface area contributed by atoms with E-state index in [9.17, 15) is 4.79 Å². The molecule has 0 unspecified atom stereocenters. The molecule has 1 aromatic heterocycles. The summed E-state index contributed by atoms with van der Waals surface area (Å²) < 4.78 is 11.0. The number of nitrogens with zero attached hydrogens (tertiary/aromatic N) is 1. The third-order valence-corrected chi connectivity index (χ3v) is 6.57. The minimum Gasteiger partial charge on any atom is -0.488 e. The Morgan fingerprint density at radius 3 is 2.82 bits per heavy atom. The number of carbonyl (C=O) groups is 1. The van der Waals surface area contributed by atoms with Crippen LogP contribution in [-0.4, -0.2) is 37.6 Å². The van der Waals surface area contributed by atoms with Gasteiger partial charge in [-0.25, -0.2) is 0 Å². The summed E-state index contributed by atoms with van der Waals surface area (Å²) in [6.45, 7) is 6.25. The van der Waals surface area contributed by atoms with Crippen molar-refractivity contribution in [3.63, 3.8) is 0 Å². The quantitative estimate of drug-likeness (QED) is 0.703. The predicted molar refractivity (Wildman–Crippen MR) is 113 cm³/mol. The number of rotatable bonds is 4. The summed E-state index contributed by atoms with van der Waals surface area (Å²) >= 11 is 1.80. The zero-order chi connectivity index (χ0) is 19.5. The van der Waals surface area contributed by atoms with Gasteiger partial charge in [-0.1, -0.05) is 18.6 Å². The molecule has 4 nitrogen and oxygen atoms in total. The van der Waals surface area contributed by atoms with Crippen LogP contribution >= 0.6 is 11.3 Å². The second-order valence-corrected chi connectivity index (χ2v) is 8.38. The zero-order valence-corrected chi connectivity index (χ0v) is 17.4. The molecule has 4 rings (SSSR count). The molecular formula is C23H27NO3S. The number of thiophene rings is 1. The first kappa shape index (κ1) is 19.2. The smallest absolute Gasteiger partial charge is 0.309 e. The van der Waals surface area contributed by atoms with Gasteiger partial charge in [0, 0.05) is 34.7 Å². The lowest BCUT2D eigenvalue weighted by Crippen LogP contribution is -2.31. The van der Waals surface area contributed by atoms with Crippen molar-refractivity contribution >= 4 is 22.9 Å². The molecule has 28 heavy (non-hydrogen) atoms. The molecule has 1 aromatic carbocycles. The highest BCUT2D eigenvalue weighted by atomic mass is 32.1. The highest BCUT2D eigenvalue weighted by Gasteiger charge is 2.26. The van der Waals surface area contributed by atoms with E-state index in [0.717, 1.165) is 42.8 Å². The molecular weight excluding hydrogens is 370 g/mol. The van der Waals surface area contributed by atoms with Crippen LogP contribution in [-0.2, 0) is 22.6 Å². The highest BCUT2D eigenvalue weighted by molar-refractivity contribution is 7.11. The summed E-state index contributed by atoms with van der Waals surface area (Å²) in [4.78, 5) is 15.7. The first-order valence-electron chi connectivity index (χ1n) is 10.0. The summed E-state index contributed by atoms with van der Waals surface area (Å²) in [7, 11) is 1.43. The fourth-order valence-electron chi connectivity index (χ4n) is 4.16. The lowest BCUT2D eigenvalue weighted by Gasteiger charge is -2.29. The van der Waals surface area contributed by atoms with Crippen molar-refractivity contribution < 1.29 is 14.3 Å². The van der Waals surface area contributed by atoms with E-state index in [-0.39, 0.29) is 12.4 Å². The van der Waals surface area contributed by atoms with Crippen LogP contribution in [0.3, 0.4) is 0 Å². The van der Waals surface area contributed by atoms with Crippen LogP contribution < -0.4 is 4.74 Å². The number of methoxy groups -OCH3 is 1. The number of carbonyl (C=O) groups excluding carboxylic acids is 1. The van der Waals surface area contributed by atoms with Crippen molar-refractivity contribution in [3.8, 4) is 5.75 Å². The van der Waals surface area contributed by atoms with E-state index in [1.165, 1.54) is 41.7 Å². The lowest BCUT2D eigenvalue weighted by molar-refractivity contribution is -0.139. The van der Waals surface area contributed by atoms with Crippen LogP contribution in [0.2, 0.25) is 0 Å². The van der Waals surface area contributed by atoms with Gasteiger partial charge in [0.15, 0.2) is 0 Å². The Balaban J connectivity index is 1.76. The van der Waals surface area contributed by atoms with Crippen molar-refractivity contribution in [2.45, 2.75) is 39.2 Å². The van der Waals surface area contributed by atoms with E-state index in [4.69, 9.17) is 9.47 Å². The number of piperidine rings is 1. The number of hydrogen-bond acceptors (Lipinski definition) is 5. The van der Waals surface area contributed by atoms with E-state index in [1.54, 1.807) is 11.3 Å². The van der Waals surface area contributed by atoms with Crippen LogP contribution in [0, 0.1) is 0 Å². The number of fused-ring (bicyclic) bond motifs is 2. The van der Waals surface area contributed by atoms with Gasteiger partial charge in [0.1, 0.15) is 12.4 Å². The van der Waals surface area contributed by atoms with Crippen LogP contribution in [0.25, 0.3) is 5.57 Å². The average molecular weight is 398 g/mol. The van der Waals surface area contributed by atoms with Crippen molar-refractivity contribution in [1.29, 1.82) is 0 Å². The largest absolute Gasteiger partial charge is 0.488 e. The standard InChI is InChI=1S/C23H27NO3S/c1-3-9-24-10-6-17(7-11-24)22-19-13-16(14-21(25)26-2)4-5-20(19)27-15-18-8-12-28-23(18)22/h4-5,8,12-13H,3,6-7,9-11,14-15H2,1-2H3.